The van der Waals surface area contributed by atoms with Crippen LogP contribution in [0.2, 0.25) is 0 Å². The quantitative estimate of drug-likeness (QED) is 0.588. The van der Waals surface area contributed by atoms with Crippen LogP contribution in [-0.4, -0.2) is 62.3 Å². The van der Waals surface area contributed by atoms with Gasteiger partial charge in [0.05, 0.1) is 12.1 Å². The first-order chi connectivity index (χ1) is 9.63. The molecule has 0 spiro atoms. The van der Waals surface area contributed by atoms with Crippen molar-refractivity contribution in [1.82, 2.24) is 15.5 Å². The number of nitrogens with one attached hydrogen (secondary N) is 2. The maximum absolute atomic E-state index is 5.79. The van der Waals surface area contributed by atoms with Gasteiger partial charge in [0.25, 0.3) is 0 Å². The molecule has 116 valence electrons. The van der Waals surface area contributed by atoms with Crippen LogP contribution in [0, 0.1) is 0 Å². The van der Waals surface area contributed by atoms with Crippen LogP contribution in [0.3, 0.4) is 0 Å². The fourth-order valence-electron chi connectivity index (χ4n) is 3.00. The Balaban J connectivity index is 1.82. The standard InChI is InChI=1S/C15H30N4O/c1-4-16-14(17-11-13-7-5-9-19(13)3)18-12-15(2)8-6-10-20-15/h13H,4-12H2,1-3H3,(H2,16,17,18). The molecule has 2 saturated heterocycles. The number of hydrogen-bond acceptors (Lipinski definition) is 3. The molecule has 0 aromatic heterocycles. The summed E-state index contributed by atoms with van der Waals surface area (Å²) < 4.78 is 5.79. The summed E-state index contributed by atoms with van der Waals surface area (Å²) in [5.41, 5.74) is -0.0630. The number of likely N-dealkylation sites (tertiary alicyclic amines) is 1. The Morgan fingerprint density at radius 1 is 1.40 bits per heavy atom. The second kappa shape index (κ2) is 7.27. The SMILES string of the molecule is CCNC(=NCC1(C)CCCO1)NCC1CCCN1C. The lowest BCUT2D eigenvalue weighted by Gasteiger charge is -2.23. The number of likely N-dealkylation sites (N-methyl/N-ethyl adjacent to an activating group) is 1. The molecule has 0 aromatic rings. The minimum atomic E-state index is -0.0630. The number of aliphatic imine (C=N–C) groups is 1. The van der Waals surface area contributed by atoms with E-state index in [-0.39, 0.29) is 5.60 Å². The van der Waals surface area contributed by atoms with Gasteiger partial charge in [0.2, 0.25) is 0 Å². The molecule has 20 heavy (non-hydrogen) atoms. The van der Waals surface area contributed by atoms with Crippen molar-refractivity contribution >= 4 is 5.96 Å². The van der Waals surface area contributed by atoms with Gasteiger partial charge in [-0.05, 0) is 53.1 Å². The van der Waals surface area contributed by atoms with Crippen LogP contribution in [0.1, 0.15) is 39.5 Å². The summed E-state index contributed by atoms with van der Waals surface area (Å²) in [6.07, 6.45) is 4.86. The number of hydrogen-bond donors (Lipinski definition) is 2. The van der Waals surface area contributed by atoms with Gasteiger partial charge >= 0.3 is 0 Å². The zero-order valence-corrected chi connectivity index (χ0v) is 13.2. The molecular formula is C15H30N4O. The first kappa shape index (κ1) is 15.6. The van der Waals surface area contributed by atoms with Gasteiger partial charge < -0.3 is 20.3 Å². The largest absolute Gasteiger partial charge is 0.373 e. The molecule has 2 unspecified atom stereocenters. The van der Waals surface area contributed by atoms with Gasteiger partial charge in [-0.1, -0.05) is 0 Å². The monoisotopic (exact) mass is 282 g/mol. The maximum Gasteiger partial charge on any atom is 0.191 e. The van der Waals surface area contributed by atoms with E-state index < -0.39 is 0 Å². The third-order valence-corrected chi connectivity index (χ3v) is 4.39. The summed E-state index contributed by atoms with van der Waals surface area (Å²) in [6.45, 7) is 8.96. The van der Waals surface area contributed by atoms with Gasteiger partial charge in [-0.15, -0.1) is 0 Å². The second-order valence-corrected chi connectivity index (χ2v) is 6.25. The summed E-state index contributed by atoms with van der Waals surface area (Å²) in [6, 6.07) is 0.636. The fraction of sp³-hybridized carbons (Fsp3) is 0.933. The van der Waals surface area contributed by atoms with Crippen molar-refractivity contribution in [2.75, 3.05) is 39.8 Å². The molecule has 5 nitrogen and oxygen atoms in total. The number of nitrogens with zero attached hydrogens (tertiary/aromatic N) is 2. The number of ether oxygens (including phenoxy) is 1. The maximum atomic E-state index is 5.79. The Morgan fingerprint density at radius 3 is 2.85 bits per heavy atom. The predicted octanol–water partition coefficient (Wildman–Crippen LogP) is 1.20. The second-order valence-electron chi connectivity index (χ2n) is 6.25. The van der Waals surface area contributed by atoms with Gasteiger partial charge in [-0.25, -0.2) is 0 Å². The van der Waals surface area contributed by atoms with E-state index in [1.165, 1.54) is 19.4 Å². The van der Waals surface area contributed by atoms with E-state index in [0.29, 0.717) is 6.04 Å². The molecule has 0 saturated carbocycles. The number of rotatable bonds is 5. The van der Waals surface area contributed by atoms with E-state index in [9.17, 15) is 0 Å². The highest BCUT2D eigenvalue weighted by molar-refractivity contribution is 5.79. The Bertz CT molecular complexity index is 326. The molecule has 0 bridgehead atoms. The Morgan fingerprint density at radius 2 is 2.25 bits per heavy atom. The Labute approximate surface area is 123 Å². The molecule has 2 atom stereocenters. The van der Waals surface area contributed by atoms with Crippen LogP contribution < -0.4 is 10.6 Å². The van der Waals surface area contributed by atoms with E-state index in [1.807, 2.05) is 0 Å². The molecule has 0 amide bonds. The highest BCUT2D eigenvalue weighted by atomic mass is 16.5. The molecule has 5 heteroatoms. The van der Waals surface area contributed by atoms with E-state index in [1.54, 1.807) is 0 Å². The highest BCUT2D eigenvalue weighted by Crippen LogP contribution is 2.25. The highest BCUT2D eigenvalue weighted by Gasteiger charge is 2.29. The summed E-state index contributed by atoms with van der Waals surface area (Å²) in [5, 5.41) is 6.80. The first-order valence-corrected chi connectivity index (χ1v) is 7.99. The third kappa shape index (κ3) is 4.35. The lowest BCUT2D eigenvalue weighted by atomic mass is 10.0. The molecule has 2 rings (SSSR count). The average Bonchev–Trinajstić information content (AvgIpc) is 3.03. The molecule has 2 N–H and O–H groups in total. The van der Waals surface area contributed by atoms with Gasteiger partial charge in [0.15, 0.2) is 5.96 Å². The van der Waals surface area contributed by atoms with Gasteiger partial charge in [0, 0.05) is 25.7 Å². The van der Waals surface area contributed by atoms with Crippen molar-refractivity contribution in [3.8, 4) is 0 Å². The lowest BCUT2D eigenvalue weighted by Crippen LogP contribution is -2.44. The van der Waals surface area contributed by atoms with Crippen molar-refractivity contribution in [3.63, 3.8) is 0 Å². The summed E-state index contributed by atoms with van der Waals surface area (Å²) in [5.74, 6) is 0.921. The molecule has 0 aromatic carbocycles. The Kier molecular flexibility index (Phi) is 5.66. The van der Waals surface area contributed by atoms with Crippen molar-refractivity contribution in [2.24, 2.45) is 4.99 Å². The average molecular weight is 282 g/mol. The van der Waals surface area contributed by atoms with Crippen LogP contribution in [0.25, 0.3) is 0 Å². The van der Waals surface area contributed by atoms with E-state index in [2.05, 4.69) is 36.4 Å². The van der Waals surface area contributed by atoms with Crippen LogP contribution in [0.5, 0.6) is 0 Å². The van der Waals surface area contributed by atoms with Crippen LogP contribution >= 0.6 is 0 Å². The molecule has 2 fully saturated rings. The van der Waals surface area contributed by atoms with Crippen LogP contribution in [-0.2, 0) is 4.74 Å². The normalized spacial score (nSPS) is 31.8. The van der Waals surface area contributed by atoms with Crippen LogP contribution in [0.4, 0.5) is 0 Å². The fourth-order valence-corrected chi connectivity index (χ4v) is 3.00. The van der Waals surface area contributed by atoms with Gasteiger partial charge in [-0.2, -0.15) is 0 Å². The van der Waals surface area contributed by atoms with Gasteiger partial charge in [0.1, 0.15) is 0 Å². The van der Waals surface area contributed by atoms with Crippen molar-refractivity contribution < 1.29 is 4.74 Å². The molecular weight excluding hydrogens is 252 g/mol. The molecule has 0 aliphatic carbocycles. The minimum absolute atomic E-state index is 0.0630. The van der Waals surface area contributed by atoms with Crippen molar-refractivity contribution in [2.45, 2.75) is 51.2 Å². The summed E-state index contributed by atoms with van der Waals surface area (Å²) in [4.78, 5) is 7.13. The summed E-state index contributed by atoms with van der Waals surface area (Å²) in [7, 11) is 2.21. The molecule has 0 radical (unpaired) electrons. The first-order valence-electron chi connectivity index (χ1n) is 7.99. The van der Waals surface area contributed by atoms with Crippen molar-refractivity contribution in [1.29, 1.82) is 0 Å². The van der Waals surface area contributed by atoms with E-state index in [0.717, 1.165) is 45.0 Å². The van der Waals surface area contributed by atoms with Gasteiger partial charge in [-0.3, -0.25) is 4.99 Å². The van der Waals surface area contributed by atoms with E-state index >= 15 is 0 Å². The lowest BCUT2D eigenvalue weighted by molar-refractivity contribution is 0.0283. The van der Waals surface area contributed by atoms with Crippen LogP contribution in [0.15, 0.2) is 4.99 Å². The molecule has 2 aliphatic rings. The molecule has 2 aliphatic heterocycles. The minimum Gasteiger partial charge on any atom is -0.373 e. The Hall–Kier alpha value is -0.810. The zero-order valence-electron chi connectivity index (χ0n) is 13.2. The van der Waals surface area contributed by atoms with E-state index in [4.69, 9.17) is 9.73 Å². The smallest absolute Gasteiger partial charge is 0.191 e. The molecule has 2 heterocycles. The van der Waals surface area contributed by atoms with Crippen molar-refractivity contribution in [3.05, 3.63) is 0 Å². The zero-order chi connectivity index (χ0) is 14.4. The predicted molar refractivity (Wildman–Crippen MR) is 83.2 cm³/mol. The number of guanidine groups is 1. The summed E-state index contributed by atoms with van der Waals surface area (Å²) >= 11 is 0. The third-order valence-electron chi connectivity index (χ3n) is 4.39. The topological polar surface area (TPSA) is 48.9 Å².